The average Bonchev–Trinajstić information content (AvgIpc) is 2.65. The molecule has 0 spiro atoms. The number of aliphatic hydroxyl groups excluding tert-OH is 1. The van der Waals surface area contributed by atoms with E-state index in [-0.39, 0.29) is 13.2 Å². The van der Waals surface area contributed by atoms with Crippen molar-refractivity contribution in [2.24, 2.45) is 5.92 Å². The van der Waals surface area contributed by atoms with Crippen molar-refractivity contribution >= 4 is 0 Å². The zero-order chi connectivity index (χ0) is 14.4. The number of piperidine rings is 1. The van der Waals surface area contributed by atoms with Crippen LogP contribution in [0.5, 0.6) is 0 Å². The van der Waals surface area contributed by atoms with Crippen LogP contribution in [0.3, 0.4) is 0 Å². The fourth-order valence-corrected chi connectivity index (χ4v) is 3.60. The molecule has 2 atom stereocenters. The highest BCUT2D eigenvalue weighted by Gasteiger charge is 2.27. The Morgan fingerprint density at radius 2 is 1.75 bits per heavy atom. The molecule has 2 aliphatic rings. The number of hydrogen-bond donors (Lipinski definition) is 2. The minimum atomic E-state index is -2.22. The summed E-state index contributed by atoms with van der Waals surface area (Å²) >= 11 is 0. The molecular formula is C15H28F2N2O. The molecule has 1 saturated heterocycles. The van der Waals surface area contributed by atoms with E-state index in [9.17, 15) is 13.9 Å². The van der Waals surface area contributed by atoms with Crippen molar-refractivity contribution < 1.29 is 13.9 Å². The summed E-state index contributed by atoms with van der Waals surface area (Å²) in [5, 5.41) is 13.2. The van der Waals surface area contributed by atoms with E-state index in [4.69, 9.17) is 0 Å². The van der Waals surface area contributed by atoms with Crippen molar-refractivity contribution in [3.8, 4) is 0 Å². The van der Waals surface area contributed by atoms with Crippen LogP contribution < -0.4 is 5.32 Å². The number of aliphatic hydroxyl groups is 1. The molecule has 3 nitrogen and oxygen atoms in total. The van der Waals surface area contributed by atoms with Gasteiger partial charge in [0.05, 0.1) is 6.54 Å². The highest BCUT2D eigenvalue weighted by atomic mass is 19.3. The Kier molecular flexibility index (Phi) is 6.65. The Balaban J connectivity index is 1.75. The Bertz CT molecular complexity index is 271. The van der Waals surface area contributed by atoms with Gasteiger partial charge in [-0.15, -0.1) is 0 Å². The second-order valence-corrected chi connectivity index (χ2v) is 6.32. The normalized spacial score (nSPS) is 30.6. The quantitative estimate of drug-likeness (QED) is 0.762. The molecule has 0 radical (unpaired) electrons. The molecular weight excluding hydrogens is 262 g/mol. The van der Waals surface area contributed by atoms with E-state index in [1.165, 1.54) is 19.3 Å². The smallest absolute Gasteiger partial charge is 0.251 e. The highest BCUT2D eigenvalue weighted by molar-refractivity contribution is 4.85. The first-order chi connectivity index (χ1) is 9.69. The maximum absolute atomic E-state index is 12.3. The molecule has 2 rings (SSSR count). The fourth-order valence-electron chi connectivity index (χ4n) is 3.60. The van der Waals surface area contributed by atoms with E-state index in [0.717, 1.165) is 38.8 Å². The van der Waals surface area contributed by atoms with Gasteiger partial charge in [-0.3, -0.25) is 4.90 Å². The molecule has 5 heteroatoms. The van der Waals surface area contributed by atoms with Crippen LogP contribution in [0.1, 0.15) is 44.9 Å². The summed E-state index contributed by atoms with van der Waals surface area (Å²) in [7, 11) is 0. The first-order valence-electron chi connectivity index (χ1n) is 8.06. The van der Waals surface area contributed by atoms with Crippen LogP contribution in [0.15, 0.2) is 0 Å². The third kappa shape index (κ3) is 4.93. The molecule has 1 aliphatic carbocycles. The van der Waals surface area contributed by atoms with Gasteiger partial charge in [0, 0.05) is 18.7 Å². The second-order valence-electron chi connectivity index (χ2n) is 6.32. The van der Waals surface area contributed by atoms with Crippen LogP contribution in [-0.2, 0) is 0 Å². The molecule has 118 valence electrons. The monoisotopic (exact) mass is 290 g/mol. The summed E-state index contributed by atoms with van der Waals surface area (Å²) in [4.78, 5) is 1.86. The fraction of sp³-hybridized carbons (Fsp3) is 1.00. The summed E-state index contributed by atoms with van der Waals surface area (Å²) in [6.07, 6.45) is 5.64. The SMILES string of the molecule is OC[C@@H]1CCCCC[C@@H]1NC1CCN(CC(F)F)CC1. The van der Waals surface area contributed by atoms with Crippen molar-refractivity contribution in [2.75, 3.05) is 26.2 Å². The number of rotatable bonds is 5. The molecule has 1 aliphatic heterocycles. The van der Waals surface area contributed by atoms with E-state index < -0.39 is 6.43 Å². The molecule has 20 heavy (non-hydrogen) atoms. The van der Waals surface area contributed by atoms with E-state index in [0.29, 0.717) is 18.0 Å². The van der Waals surface area contributed by atoms with Crippen molar-refractivity contribution in [3.63, 3.8) is 0 Å². The van der Waals surface area contributed by atoms with E-state index in [2.05, 4.69) is 5.32 Å². The largest absolute Gasteiger partial charge is 0.396 e. The molecule has 0 aromatic rings. The summed E-state index contributed by atoms with van der Waals surface area (Å²) in [5.74, 6) is 0.372. The number of alkyl halides is 2. The Labute approximate surface area is 120 Å². The van der Waals surface area contributed by atoms with Gasteiger partial charge in [0.15, 0.2) is 0 Å². The van der Waals surface area contributed by atoms with Crippen LogP contribution in [0.4, 0.5) is 8.78 Å². The lowest BCUT2D eigenvalue weighted by Crippen LogP contribution is -2.49. The second kappa shape index (κ2) is 8.25. The van der Waals surface area contributed by atoms with Gasteiger partial charge in [-0.1, -0.05) is 19.3 Å². The minimum absolute atomic E-state index is 0.0879. The van der Waals surface area contributed by atoms with Gasteiger partial charge >= 0.3 is 0 Å². The number of likely N-dealkylation sites (tertiary alicyclic amines) is 1. The van der Waals surface area contributed by atoms with Crippen LogP contribution in [0.25, 0.3) is 0 Å². The average molecular weight is 290 g/mol. The van der Waals surface area contributed by atoms with Gasteiger partial charge in [0.2, 0.25) is 0 Å². The molecule has 0 amide bonds. The summed E-state index contributed by atoms with van der Waals surface area (Å²) < 4.78 is 24.7. The first kappa shape index (κ1) is 16.1. The van der Waals surface area contributed by atoms with Crippen molar-refractivity contribution in [2.45, 2.75) is 63.5 Å². The Hall–Kier alpha value is -0.260. The van der Waals surface area contributed by atoms with Gasteiger partial charge < -0.3 is 10.4 Å². The minimum Gasteiger partial charge on any atom is -0.396 e. The van der Waals surface area contributed by atoms with Crippen LogP contribution in [0.2, 0.25) is 0 Å². The third-order valence-corrected chi connectivity index (χ3v) is 4.83. The summed E-state index contributed by atoms with van der Waals surface area (Å²) in [5.41, 5.74) is 0. The Morgan fingerprint density at radius 1 is 1.05 bits per heavy atom. The number of nitrogens with zero attached hydrogens (tertiary/aromatic N) is 1. The first-order valence-corrected chi connectivity index (χ1v) is 8.06. The Morgan fingerprint density at radius 3 is 2.40 bits per heavy atom. The zero-order valence-corrected chi connectivity index (χ0v) is 12.2. The molecule has 1 saturated carbocycles. The molecule has 0 bridgehead atoms. The third-order valence-electron chi connectivity index (χ3n) is 4.83. The van der Waals surface area contributed by atoms with Gasteiger partial charge in [-0.05, 0) is 44.7 Å². The molecule has 1 heterocycles. The highest BCUT2D eigenvalue weighted by Crippen LogP contribution is 2.24. The van der Waals surface area contributed by atoms with Gasteiger partial charge in [0.25, 0.3) is 6.43 Å². The predicted molar refractivity (Wildman–Crippen MR) is 76.1 cm³/mol. The zero-order valence-electron chi connectivity index (χ0n) is 12.2. The van der Waals surface area contributed by atoms with Gasteiger partial charge in [0.1, 0.15) is 0 Å². The number of halogens is 2. The molecule has 2 fully saturated rings. The predicted octanol–water partition coefficient (Wildman–Crippen LogP) is 2.25. The van der Waals surface area contributed by atoms with Gasteiger partial charge in [-0.25, -0.2) is 8.78 Å². The van der Waals surface area contributed by atoms with Crippen LogP contribution in [0, 0.1) is 5.92 Å². The van der Waals surface area contributed by atoms with Crippen molar-refractivity contribution in [1.29, 1.82) is 0 Å². The summed E-state index contributed by atoms with van der Waals surface area (Å²) in [6.45, 7) is 1.70. The topological polar surface area (TPSA) is 35.5 Å². The van der Waals surface area contributed by atoms with E-state index in [1.54, 1.807) is 0 Å². The standard InChI is InChI=1S/C15H28F2N2O/c16-15(17)10-19-8-6-13(7-9-19)18-14-5-3-1-2-4-12(14)11-20/h12-15,18,20H,1-11H2/t12-,14-/m0/s1. The molecule has 0 aromatic carbocycles. The lowest BCUT2D eigenvalue weighted by atomic mass is 9.93. The summed E-state index contributed by atoms with van der Waals surface area (Å²) in [6, 6.07) is 0.843. The van der Waals surface area contributed by atoms with Crippen LogP contribution >= 0.6 is 0 Å². The molecule has 0 unspecified atom stereocenters. The lowest BCUT2D eigenvalue weighted by Gasteiger charge is -2.36. The van der Waals surface area contributed by atoms with Crippen molar-refractivity contribution in [3.05, 3.63) is 0 Å². The number of hydrogen-bond acceptors (Lipinski definition) is 3. The van der Waals surface area contributed by atoms with Crippen molar-refractivity contribution in [1.82, 2.24) is 10.2 Å². The number of nitrogens with one attached hydrogen (secondary N) is 1. The maximum atomic E-state index is 12.3. The molecule has 0 aromatic heterocycles. The lowest BCUT2D eigenvalue weighted by molar-refractivity contribution is 0.0697. The van der Waals surface area contributed by atoms with E-state index in [1.807, 2.05) is 4.90 Å². The van der Waals surface area contributed by atoms with Crippen LogP contribution in [-0.4, -0.2) is 54.8 Å². The van der Waals surface area contributed by atoms with E-state index >= 15 is 0 Å². The maximum Gasteiger partial charge on any atom is 0.251 e. The molecule has 2 N–H and O–H groups in total. The van der Waals surface area contributed by atoms with Gasteiger partial charge in [-0.2, -0.15) is 0 Å².